The average Bonchev–Trinajstić information content (AvgIpc) is 2.47. The summed E-state index contributed by atoms with van der Waals surface area (Å²) in [7, 11) is 0. The molecule has 1 atom stereocenters. The van der Waals surface area contributed by atoms with Crippen LogP contribution in [0.4, 0.5) is 0 Å². The minimum Gasteiger partial charge on any atom is -0.351 e. The maximum atomic E-state index is 12.0. The Labute approximate surface area is 131 Å². The van der Waals surface area contributed by atoms with E-state index in [0.717, 1.165) is 31.5 Å². The van der Waals surface area contributed by atoms with Crippen LogP contribution in [-0.2, 0) is 11.3 Å². The number of likely N-dealkylation sites (tertiary alicyclic amines) is 1. The van der Waals surface area contributed by atoms with Gasteiger partial charge in [0.2, 0.25) is 5.91 Å². The number of carbonyl (C=O) groups is 1. The highest BCUT2D eigenvalue weighted by Gasteiger charge is 2.22. The van der Waals surface area contributed by atoms with Crippen molar-refractivity contribution in [3.05, 3.63) is 34.9 Å². The van der Waals surface area contributed by atoms with Crippen LogP contribution in [0.15, 0.2) is 24.3 Å². The van der Waals surface area contributed by atoms with Gasteiger partial charge in [-0.15, -0.1) is 0 Å². The Morgan fingerprint density at radius 3 is 2.71 bits per heavy atom. The van der Waals surface area contributed by atoms with E-state index in [0.29, 0.717) is 24.0 Å². The Bertz CT molecular complexity index is 470. The first-order valence-electron chi connectivity index (χ1n) is 7.54. The summed E-state index contributed by atoms with van der Waals surface area (Å²) in [5.74, 6) is 0.640. The molecule has 1 fully saturated rings. The summed E-state index contributed by atoms with van der Waals surface area (Å²) in [6.07, 6.45) is 2.16. The third-order valence-electron chi connectivity index (χ3n) is 4.18. The standard InChI is InChI=1S/C16H24ClN3O/c1-12(18)13-6-8-20(9-7-13)11-16(21)19-10-14-4-2-3-5-15(14)17/h2-5,12-13H,6-11,18H2,1H3,(H,19,21). The zero-order valence-corrected chi connectivity index (χ0v) is 13.3. The minimum atomic E-state index is 0.0502. The number of hydrogen-bond acceptors (Lipinski definition) is 3. The van der Waals surface area contributed by atoms with E-state index in [-0.39, 0.29) is 11.9 Å². The smallest absolute Gasteiger partial charge is 0.234 e. The van der Waals surface area contributed by atoms with Crippen LogP contribution in [0.5, 0.6) is 0 Å². The summed E-state index contributed by atoms with van der Waals surface area (Å²) in [4.78, 5) is 14.2. The first kappa shape index (κ1) is 16.3. The zero-order valence-electron chi connectivity index (χ0n) is 12.5. The molecule has 1 aliphatic rings. The highest BCUT2D eigenvalue weighted by Crippen LogP contribution is 2.19. The van der Waals surface area contributed by atoms with Gasteiger partial charge in [0.15, 0.2) is 0 Å². The van der Waals surface area contributed by atoms with Gasteiger partial charge in [-0.2, -0.15) is 0 Å². The van der Waals surface area contributed by atoms with Crippen LogP contribution < -0.4 is 11.1 Å². The van der Waals surface area contributed by atoms with Crippen molar-refractivity contribution < 1.29 is 4.79 Å². The molecule has 1 unspecified atom stereocenters. The van der Waals surface area contributed by atoms with Gasteiger partial charge in [-0.1, -0.05) is 29.8 Å². The van der Waals surface area contributed by atoms with Gasteiger partial charge in [-0.05, 0) is 50.4 Å². The van der Waals surface area contributed by atoms with Crippen molar-refractivity contribution in [2.45, 2.75) is 32.4 Å². The van der Waals surface area contributed by atoms with Crippen molar-refractivity contribution in [1.29, 1.82) is 0 Å². The zero-order chi connectivity index (χ0) is 15.2. The second kappa shape index (κ2) is 7.78. The summed E-state index contributed by atoms with van der Waals surface area (Å²) < 4.78 is 0. The van der Waals surface area contributed by atoms with Crippen molar-refractivity contribution in [2.24, 2.45) is 11.7 Å². The van der Waals surface area contributed by atoms with Gasteiger partial charge in [0.05, 0.1) is 6.54 Å². The monoisotopic (exact) mass is 309 g/mol. The summed E-state index contributed by atoms with van der Waals surface area (Å²) in [6, 6.07) is 7.82. The number of nitrogens with zero attached hydrogens (tertiary/aromatic N) is 1. The molecular weight excluding hydrogens is 286 g/mol. The van der Waals surface area contributed by atoms with E-state index >= 15 is 0 Å². The van der Waals surface area contributed by atoms with Gasteiger partial charge in [-0.3, -0.25) is 9.69 Å². The Balaban J connectivity index is 1.72. The van der Waals surface area contributed by atoms with Crippen LogP contribution in [0, 0.1) is 5.92 Å². The average molecular weight is 310 g/mol. The number of carbonyl (C=O) groups excluding carboxylic acids is 1. The van der Waals surface area contributed by atoms with Crippen molar-refractivity contribution in [2.75, 3.05) is 19.6 Å². The number of rotatable bonds is 5. The number of nitrogens with one attached hydrogen (secondary N) is 1. The quantitative estimate of drug-likeness (QED) is 0.875. The molecule has 0 aromatic heterocycles. The molecule has 0 aliphatic carbocycles. The van der Waals surface area contributed by atoms with E-state index in [1.54, 1.807) is 0 Å². The van der Waals surface area contributed by atoms with Crippen LogP contribution in [0.3, 0.4) is 0 Å². The first-order chi connectivity index (χ1) is 10.1. The molecule has 0 spiro atoms. The molecule has 5 heteroatoms. The van der Waals surface area contributed by atoms with E-state index in [1.165, 1.54) is 0 Å². The maximum Gasteiger partial charge on any atom is 0.234 e. The lowest BCUT2D eigenvalue weighted by atomic mass is 9.91. The minimum absolute atomic E-state index is 0.0502. The predicted octanol–water partition coefficient (Wildman–Crippen LogP) is 2.02. The maximum absolute atomic E-state index is 12.0. The van der Waals surface area contributed by atoms with Gasteiger partial charge in [-0.25, -0.2) is 0 Å². The van der Waals surface area contributed by atoms with E-state index in [1.807, 2.05) is 24.3 Å². The molecule has 1 amide bonds. The SMILES string of the molecule is CC(N)C1CCN(CC(=O)NCc2ccccc2Cl)CC1. The Kier molecular flexibility index (Phi) is 6.03. The first-order valence-corrected chi connectivity index (χ1v) is 7.92. The highest BCUT2D eigenvalue weighted by atomic mass is 35.5. The van der Waals surface area contributed by atoms with Gasteiger partial charge in [0.25, 0.3) is 0 Å². The number of hydrogen-bond donors (Lipinski definition) is 2. The Hall–Kier alpha value is -1.10. The second-order valence-corrected chi connectivity index (χ2v) is 6.25. The van der Waals surface area contributed by atoms with Crippen molar-refractivity contribution in [1.82, 2.24) is 10.2 Å². The molecule has 2 rings (SSSR count). The van der Waals surface area contributed by atoms with Crippen LogP contribution >= 0.6 is 11.6 Å². The predicted molar refractivity (Wildman–Crippen MR) is 86.1 cm³/mol. The van der Waals surface area contributed by atoms with Gasteiger partial charge in [0, 0.05) is 17.6 Å². The Morgan fingerprint density at radius 2 is 2.10 bits per heavy atom. The van der Waals surface area contributed by atoms with Gasteiger partial charge >= 0.3 is 0 Å². The molecule has 3 N–H and O–H groups in total. The molecule has 21 heavy (non-hydrogen) atoms. The number of nitrogens with two attached hydrogens (primary N) is 1. The summed E-state index contributed by atoms with van der Waals surface area (Å²) in [5.41, 5.74) is 6.88. The van der Waals surface area contributed by atoms with Crippen LogP contribution in [0.2, 0.25) is 5.02 Å². The largest absolute Gasteiger partial charge is 0.351 e. The number of benzene rings is 1. The van der Waals surface area contributed by atoms with Gasteiger partial charge in [0.1, 0.15) is 0 Å². The number of halogens is 1. The fourth-order valence-corrected chi connectivity index (χ4v) is 2.93. The molecule has 1 saturated heterocycles. The number of piperidine rings is 1. The van der Waals surface area contributed by atoms with Crippen LogP contribution in [0.25, 0.3) is 0 Å². The topological polar surface area (TPSA) is 58.4 Å². The number of amides is 1. The van der Waals surface area contributed by atoms with E-state index in [9.17, 15) is 4.79 Å². The molecule has 1 heterocycles. The molecule has 4 nitrogen and oxygen atoms in total. The van der Waals surface area contributed by atoms with E-state index in [4.69, 9.17) is 17.3 Å². The highest BCUT2D eigenvalue weighted by molar-refractivity contribution is 6.31. The molecule has 0 radical (unpaired) electrons. The van der Waals surface area contributed by atoms with Crippen molar-refractivity contribution >= 4 is 17.5 Å². The van der Waals surface area contributed by atoms with Crippen LogP contribution in [0.1, 0.15) is 25.3 Å². The molecule has 1 aromatic rings. The summed E-state index contributed by atoms with van der Waals surface area (Å²) >= 11 is 6.07. The fraction of sp³-hybridized carbons (Fsp3) is 0.562. The third kappa shape index (κ3) is 4.99. The van der Waals surface area contributed by atoms with Crippen LogP contribution in [-0.4, -0.2) is 36.5 Å². The van der Waals surface area contributed by atoms with E-state index in [2.05, 4.69) is 17.1 Å². The van der Waals surface area contributed by atoms with Gasteiger partial charge < -0.3 is 11.1 Å². The second-order valence-electron chi connectivity index (χ2n) is 5.84. The lowest BCUT2D eigenvalue weighted by molar-refractivity contribution is -0.122. The lowest BCUT2D eigenvalue weighted by Gasteiger charge is -2.33. The van der Waals surface area contributed by atoms with Crippen molar-refractivity contribution in [3.63, 3.8) is 0 Å². The lowest BCUT2D eigenvalue weighted by Crippen LogP contribution is -2.44. The summed E-state index contributed by atoms with van der Waals surface area (Å²) in [5, 5.41) is 3.62. The third-order valence-corrected chi connectivity index (χ3v) is 4.55. The van der Waals surface area contributed by atoms with E-state index < -0.39 is 0 Å². The fourth-order valence-electron chi connectivity index (χ4n) is 2.73. The Morgan fingerprint density at radius 1 is 1.43 bits per heavy atom. The normalized spacial score (nSPS) is 18.4. The molecule has 0 saturated carbocycles. The molecule has 0 bridgehead atoms. The molecule has 1 aliphatic heterocycles. The molecule has 116 valence electrons. The molecular formula is C16H24ClN3O. The summed E-state index contributed by atoms with van der Waals surface area (Å²) in [6.45, 7) is 4.90. The van der Waals surface area contributed by atoms with Crippen molar-refractivity contribution in [3.8, 4) is 0 Å². The molecule has 1 aromatic carbocycles.